The van der Waals surface area contributed by atoms with Crippen LogP contribution >= 0.6 is 12.2 Å². The largest absolute Gasteiger partial charge is 0.389 e. The number of anilines is 1. The van der Waals surface area contributed by atoms with E-state index in [-0.39, 0.29) is 5.91 Å². The summed E-state index contributed by atoms with van der Waals surface area (Å²) < 4.78 is 4.87. The van der Waals surface area contributed by atoms with E-state index in [4.69, 9.17) is 22.7 Å². The Balaban J connectivity index is 2.81. The molecule has 0 fully saturated rings. The van der Waals surface area contributed by atoms with Crippen LogP contribution in [0.15, 0.2) is 24.3 Å². The number of ether oxygens (including phenoxy) is 1. The molecule has 0 aliphatic carbocycles. The lowest BCUT2D eigenvalue weighted by atomic mass is 10.2. The van der Waals surface area contributed by atoms with Crippen LogP contribution in [0.3, 0.4) is 0 Å². The predicted octanol–water partition coefficient (Wildman–Crippen LogP) is 1.32. The Hall–Kier alpha value is -1.46. The number of hydrogen-bond acceptors (Lipinski definition) is 3. The highest BCUT2D eigenvalue weighted by atomic mass is 32.1. The maximum atomic E-state index is 11.8. The highest BCUT2D eigenvalue weighted by Gasteiger charge is 2.11. The monoisotopic (exact) mass is 252 g/mol. The minimum atomic E-state index is -0.00746. The fourth-order valence-corrected chi connectivity index (χ4v) is 1.50. The number of carbonyl (C=O) groups is 1. The Labute approximate surface area is 106 Å². The van der Waals surface area contributed by atoms with E-state index in [1.165, 1.54) is 0 Å². The molecule has 0 unspecified atom stereocenters. The third kappa shape index (κ3) is 3.80. The van der Waals surface area contributed by atoms with Gasteiger partial charge in [-0.2, -0.15) is 0 Å². The molecular formula is C12H16N2O2S. The van der Waals surface area contributed by atoms with Gasteiger partial charge < -0.3 is 15.4 Å². The van der Waals surface area contributed by atoms with Crippen molar-refractivity contribution in [2.24, 2.45) is 5.73 Å². The van der Waals surface area contributed by atoms with Crippen molar-refractivity contribution in [3.05, 3.63) is 29.8 Å². The van der Waals surface area contributed by atoms with E-state index >= 15 is 0 Å². The second-order valence-electron chi connectivity index (χ2n) is 3.61. The molecule has 0 atom stereocenters. The highest BCUT2D eigenvalue weighted by molar-refractivity contribution is 7.80. The number of benzene rings is 1. The van der Waals surface area contributed by atoms with Crippen LogP contribution in [0.1, 0.15) is 12.0 Å². The Bertz CT molecular complexity index is 421. The first-order valence-corrected chi connectivity index (χ1v) is 5.62. The van der Waals surface area contributed by atoms with Gasteiger partial charge in [0.25, 0.3) is 0 Å². The molecule has 1 amide bonds. The van der Waals surface area contributed by atoms with Crippen molar-refractivity contribution in [3.8, 4) is 0 Å². The summed E-state index contributed by atoms with van der Waals surface area (Å²) in [6.07, 6.45) is 0.351. The standard InChI is InChI=1S/C12H16N2O2S/c1-14(11(15)6-7-16-2)10-5-3-4-9(8-10)12(13)17/h3-5,8H,6-7H2,1-2H3,(H2,13,17). The number of thiocarbonyl (C=S) groups is 1. The molecule has 1 rings (SSSR count). The van der Waals surface area contributed by atoms with Crippen molar-refractivity contribution in [2.45, 2.75) is 6.42 Å². The topological polar surface area (TPSA) is 55.6 Å². The maximum Gasteiger partial charge on any atom is 0.229 e. The molecule has 0 aliphatic rings. The van der Waals surface area contributed by atoms with E-state index in [1.54, 1.807) is 25.1 Å². The summed E-state index contributed by atoms with van der Waals surface area (Å²) >= 11 is 4.90. The summed E-state index contributed by atoms with van der Waals surface area (Å²) in [7, 11) is 3.29. The average molecular weight is 252 g/mol. The lowest BCUT2D eigenvalue weighted by molar-refractivity contribution is -0.119. The summed E-state index contributed by atoms with van der Waals surface area (Å²) in [5.41, 5.74) is 7.08. The molecule has 0 radical (unpaired) electrons. The van der Waals surface area contributed by atoms with Gasteiger partial charge in [-0.3, -0.25) is 4.79 Å². The van der Waals surface area contributed by atoms with Gasteiger partial charge in [-0.25, -0.2) is 0 Å². The minimum Gasteiger partial charge on any atom is -0.389 e. The van der Waals surface area contributed by atoms with Gasteiger partial charge in [0.15, 0.2) is 0 Å². The smallest absolute Gasteiger partial charge is 0.229 e. The number of nitrogens with zero attached hydrogens (tertiary/aromatic N) is 1. The summed E-state index contributed by atoms with van der Waals surface area (Å²) in [6, 6.07) is 7.28. The summed E-state index contributed by atoms with van der Waals surface area (Å²) in [4.78, 5) is 13.7. The fraction of sp³-hybridized carbons (Fsp3) is 0.333. The van der Waals surface area contributed by atoms with E-state index in [0.29, 0.717) is 18.0 Å². The zero-order chi connectivity index (χ0) is 12.8. The van der Waals surface area contributed by atoms with Gasteiger partial charge in [-0.1, -0.05) is 24.4 Å². The maximum absolute atomic E-state index is 11.8. The van der Waals surface area contributed by atoms with Crippen LogP contribution in [-0.2, 0) is 9.53 Å². The first kappa shape index (κ1) is 13.6. The summed E-state index contributed by atoms with van der Waals surface area (Å²) in [5, 5.41) is 0. The molecular weight excluding hydrogens is 236 g/mol. The average Bonchev–Trinajstić information content (AvgIpc) is 2.35. The molecule has 5 heteroatoms. The molecule has 0 spiro atoms. The number of amides is 1. The first-order chi connectivity index (χ1) is 8.06. The van der Waals surface area contributed by atoms with Crippen molar-refractivity contribution in [3.63, 3.8) is 0 Å². The number of methoxy groups -OCH3 is 1. The predicted molar refractivity (Wildman–Crippen MR) is 72.2 cm³/mol. The Morgan fingerprint density at radius 2 is 2.24 bits per heavy atom. The number of nitrogens with two attached hydrogens (primary N) is 1. The second-order valence-corrected chi connectivity index (χ2v) is 4.05. The van der Waals surface area contributed by atoms with E-state index in [0.717, 1.165) is 11.3 Å². The molecule has 0 aromatic heterocycles. The van der Waals surface area contributed by atoms with Crippen LogP contribution in [0.25, 0.3) is 0 Å². The van der Waals surface area contributed by atoms with E-state index in [9.17, 15) is 4.79 Å². The normalized spacial score (nSPS) is 10.0. The Kier molecular flexibility index (Phi) is 5.06. The molecule has 0 bridgehead atoms. The van der Waals surface area contributed by atoms with E-state index in [2.05, 4.69) is 0 Å². The summed E-state index contributed by atoms with van der Waals surface area (Å²) in [6.45, 7) is 0.415. The summed E-state index contributed by atoms with van der Waals surface area (Å²) in [5.74, 6) is -0.00746. The minimum absolute atomic E-state index is 0.00746. The molecule has 17 heavy (non-hydrogen) atoms. The Morgan fingerprint density at radius 1 is 1.53 bits per heavy atom. The van der Waals surface area contributed by atoms with E-state index < -0.39 is 0 Å². The van der Waals surface area contributed by atoms with Gasteiger partial charge in [0.1, 0.15) is 4.99 Å². The molecule has 2 N–H and O–H groups in total. The SMILES string of the molecule is COCCC(=O)N(C)c1cccc(C(N)=S)c1. The van der Waals surface area contributed by atoms with Crippen LogP contribution in [0, 0.1) is 0 Å². The first-order valence-electron chi connectivity index (χ1n) is 5.21. The van der Waals surface area contributed by atoms with Gasteiger partial charge in [-0.15, -0.1) is 0 Å². The quantitative estimate of drug-likeness (QED) is 0.803. The van der Waals surface area contributed by atoms with Crippen LogP contribution < -0.4 is 10.6 Å². The second kappa shape index (κ2) is 6.32. The van der Waals surface area contributed by atoms with Crippen molar-refractivity contribution in [1.29, 1.82) is 0 Å². The Morgan fingerprint density at radius 3 is 2.82 bits per heavy atom. The zero-order valence-corrected chi connectivity index (χ0v) is 10.8. The molecule has 1 aromatic rings. The molecule has 92 valence electrons. The van der Waals surface area contributed by atoms with Crippen LogP contribution in [0.2, 0.25) is 0 Å². The lowest BCUT2D eigenvalue weighted by Crippen LogP contribution is -2.27. The van der Waals surface area contributed by atoms with Crippen LogP contribution in [-0.4, -0.2) is 31.7 Å². The zero-order valence-electron chi connectivity index (χ0n) is 9.97. The van der Waals surface area contributed by atoms with Crippen molar-refractivity contribution < 1.29 is 9.53 Å². The van der Waals surface area contributed by atoms with Crippen molar-refractivity contribution >= 4 is 28.8 Å². The van der Waals surface area contributed by atoms with E-state index in [1.807, 2.05) is 18.2 Å². The van der Waals surface area contributed by atoms with Gasteiger partial charge in [0, 0.05) is 25.4 Å². The highest BCUT2D eigenvalue weighted by Crippen LogP contribution is 2.15. The lowest BCUT2D eigenvalue weighted by Gasteiger charge is -2.17. The third-order valence-corrected chi connectivity index (χ3v) is 2.65. The fourth-order valence-electron chi connectivity index (χ4n) is 1.37. The number of carbonyl (C=O) groups excluding carboxylic acids is 1. The van der Waals surface area contributed by atoms with Crippen molar-refractivity contribution in [1.82, 2.24) is 0 Å². The molecule has 4 nitrogen and oxygen atoms in total. The number of rotatable bonds is 5. The molecule has 0 saturated carbocycles. The molecule has 0 aliphatic heterocycles. The third-order valence-electron chi connectivity index (χ3n) is 2.41. The van der Waals surface area contributed by atoms with Crippen LogP contribution in [0.4, 0.5) is 5.69 Å². The van der Waals surface area contributed by atoms with Gasteiger partial charge in [-0.05, 0) is 12.1 Å². The van der Waals surface area contributed by atoms with Crippen molar-refractivity contribution in [2.75, 3.05) is 25.7 Å². The molecule has 1 aromatic carbocycles. The number of hydrogen-bond donors (Lipinski definition) is 1. The van der Waals surface area contributed by atoms with Gasteiger partial charge >= 0.3 is 0 Å². The molecule has 0 saturated heterocycles. The van der Waals surface area contributed by atoms with Gasteiger partial charge in [0.2, 0.25) is 5.91 Å². The molecule has 0 heterocycles. The van der Waals surface area contributed by atoms with Gasteiger partial charge in [0.05, 0.1) is 13.0 Å². The van der Waals surface area contributed by atoms with Crippen LogP contribution in [0.5, 0.6) is 0 Å².